The molecule has 146 valence electrons. The zero-order valence-electron chi connectivity index (χ0n) is 16.1. The average molecular weight is 380 g/mol. The fourth-order valence-electron chi connectivity index (χ4n) is 4.12. The quantitative estimate of drug-likeness (QED) is 0.749. The van der Waals surface area contributed by atoms with Crippen LogP contribution in [0.15, 0.2) is 46.1 Å². The number of aryl methyl sites for hydroxylation is 1. The number of carbonyl (C=O) groups is 1. The third kappa shape index (κ3) is 3.06. The first-order valence-corrected chi connectivity index (χ1v) is 9.61. The molecule has 2 heterocycles. The minimum absolute atomic E-state index is 0.107. The molecule has 0 aliphatic heterocycles. The van der Waals surface area contributed by atoms with Gasteiger partial charge in [0.25, 0.3) is 5.56 Å². The number of amides is 1. The molecule has 2 aromatic heterocycles. The van der Waals surface area contributed by atoms with Gasteiger partial charge in [-0.05, 0) is 18.4 Å². The molecule has 1 aliphatic rings. The van der Waals surface area contributed by atoms with Crippen LogP contribution in [-0.4, -0.2) is 25.7 Å². The molecule has 1 aromatic carbocycles. The Labute approximate surface area is 162 Å². The van der Waals surface area contributed by atoms with E-state index in [2.05, 4.69) is 5.32 Å². The molecule has 7 heteroatoms. The van der Waals surface area contributed by atoms with Gasteiger partial charge in [0.1, 0.15) is 12.1 Å². The summed E-state index contributed by atoms with van der Waals surface area (Å²) in [5.41, 5.74) is 1.73. The van der Waals surface area contributed by atoms with Crippen molar-refractivity contribution in [1.29, 1.82) is 0 Å². The highest BCUT2D eigenvalue weighted by Gasteiger charge is 2.22. The van der Waals surface area contributed by atoms with Crippen molar-refractivity contribution in [2.45, 2.75) is 38.3 Å². The van der Waals surface area contributed by atoms with Gasteiger partial charge in [-0.2, -0.15) is 0 Å². The van der Waals surface area contributed by atoms with Gasteiger partial charge < -0.3 is 9.88 Å². The summed E-state index contributed by atoms with van der Waals surface area (Å²) in [6.45, 7) is -0.107. The van der Waals surface area contributed by atoms with E-state index in [1.165, 1.54) is 11.6 Å². The highest BCUT2D eigenvalue weighted by atomic mass is 16.2. The van der Waals surface area contributed by atoms with Crippen LogP contribution < -0.4 is 16.6 Å². The van der Waals surface area contributed by atoms with Crippen molar-refractivity contribution in [3.05, 3.63) is 57.4 Å². The van der Waals surface area contributed by atoms with Crippen molar-refractivity contribution >= 4 is 16.9 Å². The Morgan fingerprint density at radius 2 is 1.75 bits per heavy atom. The second-order valence-corrected chi connectivity index (χ2v) is 7.50. The van der Waals surface area contributed by atoms with E-state index < -0.39 is 5.69 Å². The lowest BCUT2D eigenvalue weighted by Crippen LogP contribution is -2.43. The smallest absolute Gasteiger partial charge is 0.331 e. The highest BCUT2D eigenvalue weighted by Crippen LogP contribution is 2.28. The second kappa shape index (κ2) is 7.14. The van der Waals surface area contributed by atoms with E-state index in [9.17, 15) is 14.4 Å². The summed E-state index contributed by atoms with van der Waals surface area (Å²) in [5.74, 6) is -0.197. The number of hydrogen-bond donors (Lipinski definition) is 1. The molecule has 4 rings (SSSR count). The van der Waals surface area contributed by atoms with Crippen LogP contribution in [0.3, 0.4) is 0 Å². The molecule has 7 nitrogen and oxygen atoms in total. The van der Waals surface area contributed by atoms with Crippen LogP contribution in [0.1, 0.15) is 25.7 Å². The van der Waals surface area contributed by atoms with Gasteiger partial charge in [0, 0.05) is 31.9 Å². The summed E-state index contributed by atoms with van der Waals surface area (Å²) in [6.07, 6.45) is 6.03. The first kappa shape index (κ1) is 18.3. The molecule has 1 amide bonds. The van der Waals surface area contributed by atoms with Crippen molar-refractivity contribution in [3.63, 3.8) is 0 Å². The Morgan fingerprint density at radius 1 is 1.07 bits per heavy atom. The van der Waals surface area contributed by atoms with Gasteiger partial charge in [-0.25, -0.2) is 4.79 Å². The fourth-order valence-corrected chi connectivity index (χ4v) is 4.12. The maximum absolute atomic E-state index is 12.9. The van der Waals surface area contributed by atoms with Crippen molar-refractivity contribution in [3.8, 4) is 11.1 Å². The zero-order chi connectivity index (χ0) is 19.8. The predicted octanol–water partition coefficient (Wildman–Crippen LogP) is 1.76. The van der Waals surface area contributed by atoms with Crippen molar-refractivity contribution in [2.75, 3.05) is 0 Å². The molecule has 3 aromatic rings. The Bertz CT molecular complexity index is 1150. The maximum atomic E-state index is 12.9. The molecule has 0 bridgehead atoms. The molecule has 0 spiro atoms. The molecule has 0 radical (unpaired) electrons. The van der Waals surface area contributed by atoms with Crippen LogP contribution >= 0.6 is 0 Å². The van der Waals surface area contributed by atoms with Gasteiger partial charge in [0.15, 0.2) is 0 Å². The van der Waals surface area contributed by atoms with Gasteiger partial charge in [0.2, 0.25) is 5.91 Å². The molecule has 0 atom stereocenters. The van der Waals surface area contributed by atoms with Crippen LogP contribution in [0.2, 0.25) is 0 Å². The van der Waals surface area contributed by atoms with Crippen LogP contribution in [0, 0.1) is 0 Å². The number of fused-ring (bicyclic) bond motifs is 1. The van der Waals surface area contributed by atoms with E-state index in [1.807, 2.05) is 36.5 Å². The topological polar surface area (TPSA) is 78.0 Å². The minimum Gasteiger partial charge on any atom is -0.352 e. The van der Waals surface area contributed by atoms with Crippen molar-refractivity contribution in [2.24, 2.45) is 14.1 Å². The van der Waals surface area contributed by atoms with Crippen LogP contribution in [0.4, 0.5) is 0 Å². The molecule has 0 saturated heterocycles. The second-order valence-electron chi connectivity index (χ2n) is 7.50. The van der Waals surface area contributed by atoms with E-state index in [1.54, 1.807) is 11.6 Å². The largest absolute Gasteiger partial charge is 0.352 e. The van der Waals surface area contributed by atoms with E-state index in [4.69, 9.17) is 0 Å². The van der Waals surface area contributed by atoms with Crippen molar-refractivity contribution in [1.82, 2.24) is 19.0 Å². The molecule has 1 fully saturated rings. The summed E-state index contributed by atoms with van der Waals surface area (Å²) < 4.78 is 4.22. The average Bonchev–Trinajstić information content (AvgIpc) is 3.32. The van der Waals surface area contributed by atoms with Crippen LogP contribution in [-0.2, 0) is 25.4 Å². The Kier molecular flexibility index (Phi) is 4.66. The minimum atomic E-state index is -0.484. The molecule has 1 N–H and O–H groups in total. The van der Waals surface area contributed by atoms with E-state index >= 15 is 0 Å². The summed E-state index contributed by atoms with van der Waals surface area (Å²) in [6, 6.07) is 9.76. The molecule has 28 heavy (non-hydrogen) atoms. The number of nitrogens with zero attached hydrogens (tertiary/aromatic N) is 3. The van der Waals surface area contributed by atoms with Crippen LogP contribution in [0.25, 0.3) is 22.2 Å². The van der Waals surface area contributed by atoms with Crippen molar-refractivity contribution < 1.29 is 4.79 Å². The van der Waals surface area contributed by atoms with Gasteiger partial charge in [-0.15, -0.1) is 0 Å². The van der Waals surface area contributed by atoms with E-state index in [0.29, 0.717) is 11.0 Å². The summed E-state index contributed by atoms with van der Waals surface area (Å²) >= 11 is 0. The van der Waals surface area contributed by atoms with Gasteiger partial charge in [-0.1, -0.05) is 43.2 Å². The monoisotopic (exact) mass is 380 g/mol. The van der Waals surface area contributed by atoms with E-state index in [0.717, 1.165) is 41.4 Å². The van der Waals surface area contributed by atoms with Gasteiger partial charge >= 0.3 is 5.69 Å². The molecule has 1 saturated carbocycles. The third-order valence-electron chi connectivity index (χ3n) is 5.56. The predicted molar refractivity (Wildman–Crippen MR) is 108 cm³/mol. The summed E-state index contributed by atoms with van der Waals surface area (Å²) in [7, 11) is 3.23. The number of rotatable bonds is 4. The van der Waals surface area contributed by atoms with Gasteiger partial charge in [-0.3, -0.25) is 18.7 Å². The Morgan fingerprint density at radius 3 is 2.43 bits per heavy atom. The number of carbonyl (C=O) groups excluding carboxylic acids is 1. The van der Waals surface area contributed by atoms with Gasteiger partial charge in [0.05, 0.1) is 5.52 Å². The lowest BCUT2D eigenvalue weighted by Gasteiger charge is -2.15. The number of aromatic nitrogens is 3. The number of benzene rings is 1. The van der Waals surface area contributed by atoms with Crippen LogP contribution in [0.5, 0.6) is 0 Å². The molecule has 1 aliphatic carbocycles. The molecular formula is C21H24N4O3. The Balaban J connectivity index is 1.88. The Hall–Kier alpha value is -3.09. The summed E-state index contributed by atoms with van der Waals surface area (Å²) in [5, 5.41) is 3.03. The number of hydrogen-bond acceptors (Lipinski definition) is 3. The fraction of sp³-hybridized carbons (Fsp3) is 0.381. The lowest BCUT2D eigenvalue weighted by molar-refractivity contribution is -0.122. The number of nitrogens with one attached hydrogen (secondary N) is 1. The first-order chi connectivity index (χ1) is 13.5. The lowest BCUT2D eigenvalue weighted by atomic mass is 10.1. The standard InChI is InChI=1S/C21H24N4O3/c1-23-12-16(14-8-4-3-5-9-14)18-19(23)20(27)24(2)21(28)25(18)13-17(26)22-15-10-6-7-11-15/h3-5,8-9,12,15H,6-7,10-11,13H2,1-2H3,(H,22,26). The maximum Gasteiger partial charge on any atom is 0.331 e. The normalized spacial score (nSPS) is 14.6. The van der Waals surface area contributed by atoms with E-state index in [-0.39, 0.29) is 24.1 Å². The molecular weight excluding hydrogens is 356 g/mol. The summed E-state index contributed by atoms with van der Waals surface area (Å²) in [4.78, 5) is 38.3. The SMILES string of the molecule is Cn1c(=O)c2c(c(-c3ccccc3)cn2C)n(CC(=O)NC2CCCC2)c1=O. The third-order valence-corrected chi connectivity index (χ3v) is 5.56. The molecule has 0 unspecified atom stereocenters. The first-order valence-electron chi connectivity index (χ1n) is 9.61. The highest BCUT2D eigenvalue weighted by molar-refractivity contribution is 5.93. The zero-order valence-corrected chi connectivity index (χ0v) is 16.1.